The van der Waals surface area contributed by atoms with E-state index in [0.717, 1.165) is 19.3 Å². The Morgan fingerprint density at radius 1 is 1.54 bits per heavy atom. The maximum atomic E-state index is 11.3. The zero-order chi connectivity index (χ0) is 9.69. The summed E-state index contributed by atoms with van der Waals surface area (Å²) in [6, 6.07) is 0. The van der Waals surface area contributed by atoms with Crippen LogP contribution in [0.15, 0.2) is 0 Å². The van der Waals surface area contributed by atoms with Crippen molar-refractivity contribution in [1.29, 1.82) is 0 Å². The molecule has 0 amide bonds. The maximum Gasteiger partial charge on any atom is 0.150 e. The van der Waals surface area contributed by atoms with Gasteiger partial charge >= 0.3 is 0 Å². The van der Waals surface area contributed by atoms with E-state index < -0.39 is 9.84 Å². The van der Waals surface area contributed by atoms with Crippen molar-refractivity contribution in [3.8, 4) is 0 Å². The van der Waals surface area contributed by atoms with Crippen molar-refractivity contribution >= 4 is 9.84 Å². The Bertz CT molecular complexity index is 312. The molecule has 0 aromatic heterocycles. The van der Waals surface area contributed by atoms with Crippen LogP contribution in [0.2, 0.25) is 0 Å². The molecule has 2 fully saturated rings. The summed E-state index contributed by atoms with van der Waals surface area (Å²) in [6.45, 7) is 2.13. The summed E-state index contributed by atoms with van der Waals surface area (Å²) in [5, 5.41) is 0. The molecule has 0 bridgehead atoms. The van der Waals surface area contributed by atoms with Crippen LogP contribution in [-0.4, -0.2) is 25.5 Å². The first kappa shape index (κ1) is 9.46. The second kappa shape index (κ2) is 2.70. The van der Waals surface area contributed by atoms with Crippen molar-refractivity contribution in [2.45, 2.75) is 31.7 Å². The van der Waals surface area contributed by atoms with E-state index in [-0.39, 0.29) is 11.5 Å². The average molecular weight is 203 g/mol. The first-order valence-corrected chi connectivity index (χ1v) is 6.79. The fourth-order valence-electron chi connectivity index (χ4n) is 2.61. The van der Waals surface area contributed by atoms with E-state index in [9.17, 15) is 8.42 Å². The minimum Gasteiger partial charge on any atom is -0.325 e. The van der Waals surface area contributed by atoms with Gasteiger partial charge in [-0.25, -0.2) is 8.42 Å². The van der Waals surface area contributed by atoms with E-state index in [2.05, 4.69) is 6.92 Å². The van der Waals surface area contributed by atoms with Crippen molar-refractivity contribution < 1.29 is 8.42 Å². The quantitative estimate of drug-likeness (QED) is 0.713. The van der Waals surface area contributed by atoms with E-state index in [1.54, 1.807) is 0 Å². The average Bonchev–Trinajstić information content (AvgIpc) is 2.58. The van der Waals surface area contributed by atoms with Crippen LogP contribution in [0.3, 0.4) is 0 Å². The largest absolute Gasteiger partial charge is 0.325 e. The molecule has 2 aliphatic rings. The van der Waals surface area contributed by atoms with Crippen LogP contribution in [-0.2, 0) is 9.84 Å². The lowest BCUT2D eigenvalue weighted by Crippen LogP contribution is -2.35. The zero-order valence-electron chi connectivity index (χ0n) is 7.99. The van der Waals surface area contributed by atoms with Gasteiger partial charge in [-0.2, -0.15) is 0 Å². The third kappa shape index (κ3) is 1.50. The molecule has 1 saturated heterocycles. The lowest BCUT2D eigenvalue weighted by atomic mass is 9.95. The summed E-state index contributed by atoms with van der Waals surface area (Å²) >= 11 is 0. The SMILES string of the molecule is CCC1CC1(N)C1CCS(=O)(=O)C1. The molecule has 2 N–H and O–H groups in total. The molecule has 13 heavy (non-hydrogen) atoms. The Hall–Kier alpha value is -0.0900. The van der Waals surface area contributed by atoms with Gasteiger partial charge in [-0.1, -0.05) is 13.3 Å². The lowest BCUT2D eigenvalue weighted by Gasteiger charge is -2.17. The molecule has 1 aliphatic heterocycles. The van der Waals surface area contributed by atoms with Crippen LogP contribution >= 0.6 is 0 Å². The first-order chi connectivity index (χ1) is 5.98. The van der Waals surface area contributed by atoms with Crippen LogP contribution in [0.25, 0.3) is 0 Å². The predicted octanol–water partition coefficient (Wildman–Crippen LogP) is 0.548. The minimum atomic E-state index is -2.75. The van der Waals surface area contributed by atoms with Gasteiger partial charge in [-0.3, -0.25) is 0 Å². The topological polar surface area (TPSA) is 60.2 Å². The Balaban J connectivity index is 2.06. The molecule has 3 atom stereocenters. The highest BCUT2D eigenvalue weighted by Gasteiger charge is 2.56. The van der Waals surface area contributed by atoms with Crippen molar-refractivity contribution in [3.63, 3.8) is 0 Å². The summed E-state index contributed by atoms with van der Waals surface area (Å²) in [4.78, 5) is 0. The van der Waals surface area contributed by atoms with Crippen molar-refractivity contribution in [3.05, 3.63) is 0 Å². The van der Waals surface area contributed by atoms with Crippen LogP contribution < -0.4 is 5.73 Å². The van der Waals surface area contributed by atoms with Gasteiger partial charge in [0.15, 0.2) is 9.84 Å². The smallest absolute Gasteiger partial charge is 0.150 e. The summed E-state index contributed by atoms with van der Waals surface area (Å²) in [5.41, 5.74) is 6.04. The molecule has 3 nitrogen and oxygen atoms in total. The van der Waals surface area contributed by atoms with Gasteiger partial charge in [0.25, 0.3) is 0 Å². The lowest BCUT2D eigenvalue weighted by molar-refractivity contribution is 0.410. The molecule has 0 radical (unpaired) electrons. The molecule has 1 heterocycles. The van der Waals surface area contributed by atoms with E-state index in [1.165, 1.54) is 0 Å². The zero-order valence-corrected chi connectivity index (χ0v) is 8.81. The molecule has 2 rings (SSSR count). The van der Waals surface area contributed by atoms with Crippen LogP contribution in [0.4, 0.5) is 0 Å². The molecule has 3 unspecified atom stereocenters. The van der Waals surface area contributed by atoms with Gasteiger partial charge < -0.3 is 5.73 Å². The molecular formula is C9H17NO2S. The second-order valence-corrected chi connectivity index (χ2v) is 6.75. The molecule has 76 valence electrons. The number of hydrogen-bond donors (Lipinski definition) is 1. The Morgan fingerprint density at radius 2 is 2.23 bits per heavy atom. The van der Waals surface area contributed by atoms with Gasteiger partial charge in [0, 0.05) is 5.54 Å². The molecule has 0 spiro atoms. The molecular weight excluding hydrogens is 186 g/mol. The molecule has 1 aliphatic carbocycles. The predicted molar refractivity (Wildman–Crippen MR) is 52.1 cm³/mol. The molecule has 4 heteroatoms. The highest BCUT2D eigenvalue weighted by atomic mass is 32.2. The van der Waals surface area contributed by atoms with Crippen LogP contribution in [0.5, 0.6) is 0 Å². The standard InChI is InChI=1S/C9H17NO2S/c1-2-7-5-9(7,10)8-3-4-13(11,12)6-8/h7-8H,2-6,10H2,1H3. The normalized spacial score (nSPS) is 47.8. The summed E-state index contributed by atoms with van der Waals surface area (Å²) in [7, 11) is -2.75. The fraction of sp³-hybridized carbons (Fsp3) is 1.00. The summed E-state index contributed by atoms with van der Waals surface area (Å²) < 4.78 is 22.5. The Labute approximate surface area is 79.6 Å². The number of hydrogen-bond acceptors (Lipinski definition) is 3. The van der Waals surface area contributed by atoms with E-state index >= 15 is 0 Å². The summed E-state index contributed by atoms with van der Waals surface area (Å²) in [5.74, 6) is 1.50. The monoisotopic (exact) mass is 203 g/mol. The van der Waals surface area contributed by atoms with Crippen molar-refractivity contribution in [2.24, 2.45) is 17.6 Å². The van der Waals surface area contributed by atoms with E-state index in [1.807, 2.05) is 0 Å². The van der Waals surface area contributed by atoms with E-state index in [0.29, 0.717) is 17.4 Å². The van der Waals surface area contributed by atoms with Gasteiger partial charge in [0.05, 0.1) is 11.5 Å². The third-order valence-electron chi connectivity index (χ3n) is 3.69. The van der Waals surface area contributed by atoms with Gasteiger partial charge in [-0.05, 0) is 24.7 Å². The van der Waals surface area contributed by atoms with Crippen LogP contribution in [0.1, 0.15) is 26.2 Å². The number of nitrogens with two attached hydrogens (primary N) is 1. The van der Waals surface area contributed by atoms with Gasteiger partial charge in [0.1, 0.15) is 0 Å². The molecule has 0 aromatic rings. The summed E-state index contributed by atoms with van der Waals surface area (Å²) in [6.07, 6.45) is 2.91. The van der Waals surface area contributed by atoms with Gasteiger partial charge in [0.2, 0.25) is 0 Å². The Morgan fingerprint density at radius 3 is 2.62 bits per heavy atom. The van der Waals surface area contributed by atoms with E-state index in [4.69, 9.17) is 5.73 Å². The highest BCUT2D eigenvalue weighted by Crippen LogP contribution is 2.51. The number of sulfone groups is 1. The van der Waals surface area contributed by atoms with Gasteiger partial charge in [-0.15, -0.1) is 0 Å². The Kier molecular flexibility index (Phi) is 1.97. The van der Waals surface area contributed by atoms with Crippen molar-refractivity contribution in [1.82, 2.24) is 0 Å². The fourth-order valence-corrected chi connectivity index (χ4v) is 4.51. The third-order valence-corrected chi connectivity index (χ3v) is 5.45. The number of rotatable bonds is 2. The van der Waals surface area contributed by atoms with Crippen LogP contribution in [0, 0.1) is 11.8 Å². The minimum absolute atomic E-state index is 0.127. The van der Waals surface area contributed by atoms with Crippen molar-refractivity contribution in [2.75, 3.05) is 11.5 Å². The highest BCUT2D eigenvalue weighted by molar-refractivity contribution is 7.91. The second-order valence-electron chi connectivity index (χ2n) is 4.52. The maximum absolute atomic E-state index is 11.3. The molecule has 0 aromatic carbocycles. The first-order valence-electron chi connectivity index (χ1n) is 4.97. The molecule has 1 saturated carbocycles.